The molecular weight excluding hydrogens is 320 g/mol. The molecule has 1 N–H and O–H groups in total. The Hall–Kier alpha value is -0.690. The zero-order valence-corrected chi connectivity index (χ0v) is 15.3. The van der Waals surface area contributed by atoms with Crippen LogP contribution in [-0.2, 0) is 11.3 Å². The highest BCUT2D eigenvalue weighted by molar-refractivity contribution is 7.14. The molecule has 2 rings (SSSR count). The second kappa shape index (κ2) is 9.45. The van der Waals surface area contributed by atoms with E-state index in [1.807, 2.05) is 14.0 Å². The molecule has 1 unspecified atom stereocenters. The van der Waals surface area contributed by atoms with Gasteiger partial charge in [0.25, 0.3) is 0 Å². The third-order valence-electron chi connectivity index (χ3n) is 3.95. The molecule has 7 heteroatoms. The van der Waals surface area contributed by atoms with Crippen molar-refractivity contribution in [2.75, 3.05) is 38.1 Å². The van der Waals surface area contributed by atoms with Gasteiger partial charge in [-0.05, 0) is 45.8 Å². The fourth-order valence-electron chi connectivity index (χ4n) is 2.96. The third-order valence-corrected chi connectivity index (χ3v) is 4.86. The van der Waals surface area contributed by atoms with E-state index < -0.39 is 0 Å². The second-order valence-electron chi connectivity index (χ2n) is 5.69. The summed E-state index contributed by atoms with van der Waals surface area (Å²) in [5.41, 5.74) is 1.08. The standard InChI is InChI=1S/C15H26N4OS.ClH/c1-4-19(12(2)20)15-17-14(11-21-15)10-18-7-5-6-13(9-18)8-16-3;/h11,13,16H,4-10H2,1-3H3;1H. The van der Waals surface area contributed by atoms with E-state index in [0.29, 0.717) is 6.54 Å². The van der Waals surface area contributed by atoms with Crippen molar-refractivity contribution in [3.8, 4) is 0 Å². The van der Waals surface area contributed by atoms with Crippen molar-refractivity contribution in [1.82, 2.24) is 15.2 Å². The van der Waals surface area contributed by atoms with Crippen LogP contribution in [0.2, 0.25) is 0 Å². The van der Waals surface area contributed by atoms with E-state index in [-0.39, 0.29) is 18.3 Å². The summed E-state index contributed by atoms with van der Waals surface area (Å²) in [7, 11) is 2.02. The molecule has 0 aliphatic carbocycles. The number of nitrogens with one attached hydrogen (secondary N) is 1. The summed E-state index contributed by atoms with van der Waals surface area (Å²) in [5, 5.41) is 6.19. The minimum absolute atomic E-state index is 0. The maximum Gasteiger partial charge on any atom is 0.225 e. The second-order valence-corrected chi connectivity index (χ2v) is 6.52. The number of aromatic nitrogens is 1. The van der Waals surface area contributed by atoms with E-state index in [9.17, 15) is 4.79 Å². The SMILES string of the molecule is CCN(C(C)=O)c1nc(CN2CCCC(CNC)C2)cs1.Cl. The average molecular weight is 347 g/mol. The number of carbonyl (C=O) groups excluding carboxylic acids is 1. The van der Waals surface area contributed by atoms with Gasteiger partial charge < -0.3 is 5.32 Å². The Balaban J connectivity index is 0.00000242. The number of nitrogens with zero attached hydrogens (tertiary/aromatic N) is 3. The Morgan fingerprint density at radius 3 is 3.00 bits per heavy atom. The molecule has 22 heavy (non-hydrogen) atoms. The lowest BCUT2D eigenvalue weighted by Crippen LogP contribution is -2.38. The van der Waals surface area contributed by atoms with Gasteiger partial charge in [-0.15, -0.1) is 23.7 Å². The number of halogens is 1. The lowest BCUT2D eigenvalue weighted by Gasteiger charge is -2.32. The molecule has 1 aromatic rings. The van der Waals surface area contributed by atoms with Gasteiger partial charge in [0.1, 0.15) is 0 Å². The molecule has 1 fully saturated rings. The van der Waals surface area contributed by atoms with Gasteiger partial charge in [-0.25, -0.2) is 4.98 Å². The Morgan fingerprint density at radius 2 is 2.36 bits per heavy atom. The van der Waals surface area contributed by atoms with Crippen LogP contribution in [0, 0.1) is 5.92 Å². The summed E-state index contributed by atoms with van der Waals surface area (Å²) in [4.78, 5) is 20.4. The first-order valence-electron chi connectivity index (χ1n) is 7.73. The summed E-state index contributed by atoms with van der Waals surface area (Å²) >= 11 is 1.57. The molecule has 0 radical (unpaired) electrons. The molecule has 5 nitrogen and oxygen atoms in total. The van der Waals surface area contributed by atoms with Crippen LogP contribution in [0.1, 0.15) is 32.4 Å². The van der Waals surface area contributed by atoms with Crippen molar-refractivity contribution in [3.63, 3.8) is 0 Å². The van der Waals surface area contributed by atoms with Gasteiger partial charge >= 0.3 is 0 Å². The van der Waals surface area contributed by atoms with Crippen molar-refractivity contribution >= 4 is 34.8 Å². The number of likely N-dealkylation sites (tertiary alicyclic amines) is 1. The number of amides is 1. The zero-order chi connectivity index (χ0) is 15.2. The Morgan fingerprint density at radius 1 is 1.59 bits per heavy atom. The Bertz CT molecular complexity index is 466. The highest BCUT2D eigenvalue weighted by Crippen LogP contribution is 2.23. The van der Waals surface area contributed by atoms with Gasteiger partial charge in [-0.1, -0.05) is 0 Å². The van der Waals surface area contributed by atoms with Gasteiger partial charge in [0, 0.05) is 31.9 Å². The van der Waals surface area contributed by atoms with Gasteiger partial charge in [0.15, 0.2) is 5.13 Å². The number of hydrogen-bond donors (Lipinski definition) is 1. The summed E-state index contributed by atoms with van der Waals surface area (Å²) in [6, 6.07) is 0. The molecule has 0 aromatic carbocycles. The number of thiazole rings is 1. The molecule has 2 heterocycles. The predicted octanol–water partition coefficient (Wildman–Crippen LogP) is 2.37. The molecule has 1 amide bonds. The lowest BCUT2D eigenvalue weighted by atomic mass is 9.98. The number of anilines is 1. The van der Waals surface area contributed by atoms with Crippen molar-refractivity contribution in [1.29, 1.82) is 0 Å². The van der Waals surface area contributed by atoms with Crippen LogP contribution >= 0.6 is 23.7 Å². The topological polar surface area (TPSA) is 48.5 Å². The van der Waals surface area contributed by atoms with E-state index in [4.69, 9.17) is 0 Å². The number of rotatable bonds is 6. The van der Waals surface area contributed by atoms with Crippen LogP contribution in [0.25, 0.3) is 0 Å². The van der Waals surface area contributed by atoms with Crippen LogP contribution in [0.5, 0.6) is 0 Å². The summed E-state index contributed by atoms with van der Waals surface area (Å²) < 4.78 is 0. The molecule has 0 saturated carbocycles. The molecule has 1 aliphatic rings. The molecular formula is C15H27ClN4OS. The van der Waals surface area contributed by atoms with Crippen molar-refractivity contribution in [2.24, 2.45) is 5.92 Å². The normalized spacial score (nSPS) is 18.8. The number of hydrogen-bond acceptors (Lipinski definition) is 5. The smallest absolute Gasteiger partial charge is 0.225 e. The van der Waals surface area contributed by atoms with Crippen molar-refractivity contribution < 1.29 is 4.79 Å². The quantitative estimate of drug-likeness (QED) is 0.859. The fourth-order valence-corrected chi connectivity index (χ4v) is 3.89. The first-order chi connectivity index (χ1) is 10.1. The van der Waals surface area contributed by atoms with Crippen LogP contribution < -0.4 is 10.2 Å². The Kier molecular flexibility index (Phi) is 8.31. The molecule has 1 saturated heterocycles. The third kappa shape index (κ3) is 5.19. The number of carbonyl (C=O) groups is 1. The first-order valence-corrected chi connectivity index (χ1v) is 8.61. The van der Waals surface area contributed by atoms with Crippen molar-refractivity contribution in [3.05, 3.63) is 11.1 Å². The van der Waals surface area contributed by atoms with Crippen LogP contribution in [0.3, 0.4) is 0 Å². The molecule has 0 spiro atoms. The van der Waals surface area contributed by atoms with Crippen LogP contribution in [-0.4, -0.2) is 49.0 Å². The van der Waals surface area contributed by atoms with Gasteiger partial charge in [0.05, 0.1) is 5.69 Å². The molecule has 126 valence electrons. The minimum atomic E-state index is 0. The lowest BCUT2D eigenvalue weighted by molar-refractivity contribution is -0.116. The molecule has 0 bridgehead atoms. The maximum absolute atomic E-state index is 11.6. The minimum Gasteiger partial charge on any atom is -0.319 e. The van der Waals surface area contributed by atoms with E-state index in [0.717, 1.165) is 42.9 Å². The average Bonchev–Trinajstić information content (AvgIpc) is 2.88. The summed E-state index contributed by atoms with van der Waals surface area (Å²) in [6.07, 6.45) is 2.57. The van der Waals surface area contributed by atoms with Crippen LogP contribution in [0.15, 0.2) is 5.38 Å². The van der Waals surface area contributed by atoms with Crippen molar-refractivity contribution in [2.45, 2.75) is 33.2 Å². The Labute approximate surface area is 143 Å². The highest BCUT2D eigenvalue weighted by atomic mass is 35.5. The van der Waals surface area contributed by atoms with Gasteiger partial charge in [-0.2, -0.15) is 0 Å². The molecule has 1 atom stereocenters. The monoisotopic (exact) mass is 346 g/mol. The van der Waals surface area contributed by atoms with Gasteiger partial charge in [-0.3, -0.25) is 14.6 Å². The van der Waals surface area contributed by atoms with E-state index in [1.54, 1.807) is 23.2 Å². The summed E-state index contributed by atoms with van der Waals surface area (Å²) in [5.74, 6) is 0.802. The first kappa shape index (κ1) is 19.4. The fraction of sp³-hybridized carbons (Fsp3) is 0.733. The van der Waals surface area contributed by atoms with E-state index in [1.165, 1.54) is 12.8 Å². The number of piperidine rings is 1. The predicted molar refractivity (Wildman–Crippen MR) is 95.0 cm³/mol. The molecule has 1 aliphatic heterocycles. The maximum atomic E-state index is 11.6. The summed E-state index contributed by atoms with van der Waals surface area (Å²) in [6.45, 7) is 8.53. The van der Waals surface area contributed by atoms with E-state index in [2.05, 4.69) is 20.6 Å². The largest absolute Gasteiger partial charge is 0.319 e. The zero-order valence-electron chi connectivity index (χ0n) is 13.7. The van der Waals surface area contributed by atoms with E-state index >= 15 is 0 Å². The molecule has 1 aromatic heterocycles. The van der Waals surface area contributed by atoms with Gasteiger partial charge in [0.2, 0.25) is 5.91 Å². The van der Waals surface area contributed by atoms with Crippen LogP contribution in [0.4, 0.5) is 5.13 Å². The highest BCUT2D eigenvalue weighted by Gasteiger charge is 2.21.